The van der Waals surface area contributed by atoms with Gasteiger partial charge in [0.1, 0.15) is 17.2 Å². The number of methoxy groups -OCH3 is 1. The van der Waals surface area contributed by atoms with Crippen LogP contribution in [-0.4, -0.2) is 7.11 Å². The van der Waals surface area contributed by atoms with Crippen molar-refractivity contribution in [3.05, 3.63) is 46.9 Å². The Morgan fingerprint density at radius 1 is 1.06 bits per heavy atom. The maximum absolute atomic E-state index is 5.92. The zero-order chi connectivity index (χ0) is 12.3. The summed E-state index contributed by atoms with van der Waals surface area (Å²) >= 11 is 3.39. The molecule has 0 spiro atoms. The third kappa shape index (κ3) is 2.71. The number of hydrogen-bond acceptors (Lipinski definition) is 3. The van der Waals surface area contributed by atoms with Crippen LogP contribution in [0.15, 0.2) is 46.9 Å². The van der Waals surface area contributed by atoms with Gasteiger partial charge in [0.2, 0.25) is 0 Å². The van der Waals surface area contributed by atoms with E-state index in [1.165, 1.54) is 0 Å². The van der Waals surface area contributed by atoms with Gasteiger partial charge in [0.25, 0.3) is 0 Å². The summed E-state index contributed by atoms with van der Waals surface area (Å²) in [5.74, 6) is 1.92. The van der Waals surface area contributed by atoms with E-state index in [4.69, 9.17) is 15.2 Å². The maximum Gasteiger partial charge on any atom is 0.154 e. The van der Waals surface area contributed by atoms with Crippen molar-refractivity contribution in [1.29, 1.82) is 0 Å². The second kappa shape index (κ2) is 5.10. The molecule has 0 atom stereocenters. The van der Waals surface area contributed by atoms with Gasteiger partial charge in [0.15, 0.2) is 5.75 Å². The van der Waals surface area contributed by atoms with Crippen LogP contribution in [0.3, 0.4) is 0 Å². The lowest BCUT2D eigenvalue weighted by molar-refractivity contribution is 0.412. The van der Waals surface area contributed by atoms with E-state index in [-0.39, 0.29) is 0 Å². The quantitative estimate of drug-likeness (QED) is 0.875. The average molecular weight is 294 g/mol. The second-order valence-electron chi connectivity index (χ2n) is 3.43. The smallest absolute Gasteiger partial charge is 0.154 e. The molecule has 2 aromatic rings. The molecule has 0 amide bonds. The van der Waals surface area contributed by atoms with Crippen molar-refractivity contribution in [1.82, 2.24) is 0 Å². The number of hydrogen-bond donors (Lipinski definition) is 1. The molecular formula is C13H12BrNO2. The van der Waals surface area contributed by atoms with E-state index in [2.05, 4.69) is 15.9 Å². The first-order valence-corrected chi connectivity index (χ1v) is 5.86. The highest BCUT2D eigenvalue weighted by molar-refractivity contribution is 9.10. The Hall–Kier alpha value is -1.68. The molecule has 88 valence electrons. The molecule has 4 heteroatoms. The molecule has 0 unspecified atom stereocenters. The molecule has 0 aliphatic heterocycles. The SMILES string of the molecule is COc1cccc(Oc2cccc(Br)c2)c1N. The van der Waals surface area contributed by atoms with Crippen LogP contribution in [-0.2, 0) is 0 Å². The lowest BCUT2D eigenvalue weighted by atomic mass is 10.2. The fraction of sp³-hybridized carbons (Fsp3) is 0.0769. The Bertz CT molecular complexity index is 529. The van der Waals surface area contributed by atoms with Crippen molar-refractivity contribution in [2.24, 2.45) is 0 Å². The molecule has 2 aromatic carbocycles. The second-order valence-corrected chi connectivity index (χ2v) is 4.35. The Morgan fingerprint density at radius 2 is 1.76 bits per heavy atom. The van der Waals surface area contributed by atoms with Gasteiger partial charge in [-0.15, -0.1) is 0 Å². The van der Waals surface area contributed by atoms with Crippen molar-refractivity contribution in [3.8, 4) is 17.2 Å². The summed E-state index contributed by atoms with van der Waals surface area (Å²) in [6, 6.07) is 13.0. The van der Waals surface area contributed by atoms with Crippen LogP contribution in [0.5, 0.6) is 17.2 Å². The number of ether oxygens (including phenoxy) is 2. The van der Waals surface area contributed by atoms with Gasteiger partial charge >= 0.3 is 0 Å². The Labute approximate surface area is 108 Å². The molecule has 3 nitrogen and oxygen atoms in total. The van der Waals surface area contributed by atoms with Gasteiger partial charge in [-0.3, -0.25) is 0 Å². The minimum atomic E-state index is 0.495. The Kier molecular flexibility index (Phi) is 3.54. The third-order valence-electron chi connectivity index (χ3n) is 2.27. The zero-order valence-electron chi connectivity index (χ0n) is 9.31. The normalized spacial score (nSPS) is 10.0. The predicted molar refractivity (Wildman–Crippen MR) is 71.6 cm³/mol. The number of nitrogen functional groups attached to an aromatic ring is 1. The molecular weight excluding hydrogens is 282 g/mol. The standard InChI is InChI=1S/C13H12BrNO2/c1-16-11-6-3-7-12(13(11)15)17-10-5-2-4-9(14)8-10/h2-8H,15H2,1H3. The summed E-state index contributed by atoms with van der Waals surface area (Å²) in [6.07, 6.45) is 0. The highest BCUT2D eigenvalue weighted by Gasteiger charge is 2.07. The van der Waals surface area contributed by atoms with Gasteiger partial charge in [-0.1, -0.05) is 28.1 Å². The van der Waals surface area contributed by atoms with Crippen molar-refractivity contribution in [2.45, 2.75) is 0 Å². The van der Waals surface area contributed by atoms with E-state index in [0.717, 1.165) is 10.2 Å². The summed E-state index contributed by atoms with van der Waals surface area (Å²) in [5, 5.41) is 0. The van der Waals surface area contributed by atoms with Crippen LogP contribution < -0.4 is 15.2 Å². The number of halogens is 1. The van der Waals surface area contributed by atoms with E-state index < -0.39 is 0 Å². The van der Waals surface area contributed by atoms with Crippen molar-refractivity contribution in [3.63, 3.8) is 0 Å². The summed E-state index contributed by atoms with van der Waals surface area (Å²) in [7, 11) is 1.58. The van der Waals surface area contributed by atoms with E-state index >= 15 is 0 Å². The molecule has 0 bridgehead atoms. The van der Waals surface area contributed by atoms with Gasteiger partial charge in [0, 0.05) is 4.47 Å². The van der Waals surface area contributed by atoms with Crippen LogP contribution in [0.2, 0.25) is 0 Å². The largest absolute Gasteiger partial charge is 0.494 e. The van der Waals surface area contributed by atoms with Crippen molar-refractivity contribution in [2.75, 3.05) is 12.8 Å². The van der Waals surface area contributed by atoms with Crippen LogP contribution >= 0.6 is 15.9 Å². The van der Waals surface area contributed by atoms with Crippen molar-refractivity contribution >= 4 is 21.6 Å². The van der Waals surface area contributed by atoms with E-state index in [9.17, 15) is 0 Å². The highest BCUT2D eigenvalue weighted by atomic mass is 79.9. The number of nitrogens with two attached hydrogens (primary N) is 1. The molecule has 0 aliphatic carbocycles. The first kappa shape index (κ1) is 11.8. The van der Waals surface area contributed by atoms with E-state index in [1.54, 1.807) is 19.2 Å². The Balaban J connectivity index is 2.30. The van der Waals surface area contributed by atoms with Gasteiger partial charge in [-0.05, 0) is 30.3 Å². The topological polar surface area (TPSA) is 44.5 Å². The predicted octanol–water partition coefficient (Wildman–Crippen LogP) is 3.83. The van der Waals surface area contributed by atoms with Crippen LogP contribution in [0.1, 0.15) is 0 Å². The molecule has 0 aliphatic rings. The zero-order valence-corrected chi connectivity index (χ0v) is 10.9. The molecule has 0 aromatic heterocycles. The number of benzene rings is 2. The molecule has 0 radical (unpaired) electrons. The first-order chi connectivity index (χ1) is 8.20. The van der Waals surface area contributed by atoms with E-state index in [1.807, 2.05) is 30.3 Å². The molecule has 0 saturated heterocycles. The number of anilines is 1. The van der Waals surface area contributed by atoms with Gasteiger partial charge in [0.05, 0.1) is 7.11 Å². The minimum absolute atomic E-state index is 0.495. The van der Waals surface area contributed by atoms with Crippen LogP contribution in [0, 0.1) is 0 Å². The van der Waals surface area contributed by atoms with Gasteiger partial charge in [-0.2, -0.15) is 0 Å². The number of rotatable bonds is 3. The summed E-state index contributed by atoms with van der Waals surface area (Å²) in [6.45, 7) is 0. The van der Waals surface area contributed by atoms with Crippen LogP contribution in [0.4, 0.5) is 5.69 Å². The molecule has 0 fully saturated rings. The monoisotopic (exact) mass is 293 g/mol. The molecule has 2 N–H and O–H groups in total. The maximum atomic E-state index is 5.92. The minimum Gasteiger partial charge on any atom is -0.494 e. The molecule has 0 saturated carbocycles. The summed E-state index contributed by atoms with van der Waals surface area (Å²) < 4.78 is 11.8. The fourth-order valence-electron chi connectivity index (χ4n) is 1.45. The summed E-state index contributed by atoms with van der Waals surface area (Å²) in [5.41, 5.74) is 6.41. The Morgan fingerprint density at radius 3 is 2.47 bits per heavy atom. The van der Waals surface area contributed by atoms with Gasteiger partial charge < -0.3 is 15.2 Å². The number of para-hydroxylation sites is 1. The van der Waals surface area contributed by atoms with E-state index in [0.29, 0.717) is 17.2 Å². The fourth-order valence-corrected chi connectivity index (χ4v) is 1.83. The molecule has 2 rings (SSSR count). The molecule has 17 heavy (non-hydrogen) atoms. The van der Waals surface area contributed by atoms with Crippen molar-refractivity contribution < 1.29 is 9.47 Å². The lowest BCUT2D eigenvalue weighted by Crippen LogP contribution is -1.95. The lowest BCUT2D eigenvalue weighted by Gasteiger charge is -2.11. The molecule has 0 heterocycles. The van der Waals surface area contributed by atoms with Gasteiger partial charge in [-0.25, -0.2) is 0 Å². The highest BCUT2D eigenvalue weighted by Crippen LogP contribution is 2.34. The third-order valence-corrected chi connectivity index (χ3v) is 2.76. The average Bonchev–Trinajstić information content (AvgIpc) is 2.32. The first-order valence-electron chi connectivity index (χ1n) is 5.06. The summed E-state index contributed by atoms with van der Waals surface area (Å²) in [4.78, 5) is 0. The van der Waals surface area contributed by atoms with Crippen LogP contribution in [0.25, 0.3) is 0 Å².